The summed E-state index contributed by atoms with van der Waals surface area (Å²) in [5.74, 6) is -2.02. The third kappa shape index (κ3) is 5.87. The molecule has 4 rings (SSSR count). The maximum atomic E-state index is 13.0. The number of carbonyl (C=O) groups excluding carboxylic acids is 1. The second-order valence-electron chi connectivity index (χ2n) is 8.51. The first-order valence-corrected chi connectivity index (χ1v) is 10.4. The predicted molar refractivity (Wildman–Crippen MR) is 111 cm³/mol. The summed E-state index contributed by atoms with van der Waals surface area (Å²) in [4.78, 5) is 26.0. The van der Waals surface area contributed by atoms with Gasteiger partial charge in [-0.1, -0.05) is 24.3 Å². The number of nitrogens with zero attached hydrogens (tertiary/aromatic N) is 4. The number of halogens is 3. The van der Waals surface area contributed by atoms with E-state index in [1.807, 2.05) is 17.2 Å². The van der Waals surface area contributed by atoms with Crippen molar-refractivity contribution in [3.05, 3.63) is 53.3 Å². The molecule has 7 nitrogen and oxygen atoms in total. The van der Waals surface area contributed by atoms with Crippen LogP contribution in [0.1, 0.15) is 29.3 Å². The molecule has 0 bridgehead atoms. The van der Waals surface area contributed by atoms with E-state index in [2.05, 4.69) is 53.0 Å². The average molecular weight is 452 g/mol. The number of alkyl halides is 3. The lowest BCUT2D eigenvalue weighted by molar-refractivity contribution is -0.192. The van der Waals surface area contributed by atoms with Gasteiger partial charge in [0.05, 0.1) is 18.3 Å². The number of aromatic nitrogens is 2. The molecule has 2 aliphatic rings. The van der Waals surface area contributed by atoms with Gasteiger partial charge in [0.15, 0.2) is 0 Å². The molecule has 2 heterocycles. The zero-order valence-corrected chi connectivity index (χ0v) is 18.0. The molecule has 0 radical (unpaired) electrons. The Balaban J connectivity index is 0.000000360. The summed E-state index contributed by atoms with van der Waals surface area (Å²) in [7, 11) is 4.14. The van der Waals surface area contributed by atoms with Crippen LogP contribution in [-0.4, -0.2) is 69.9 Å². The molecule has 0 spiro atoms. The van der Waals surface area contributed by atoms with Crippen LogP contribution in [0.5, 0.6) is 0 Å². The Morgan fingerprint density at radius 3 is 2.28 bits per heavy atom. The zero-order valence-electron chi connectivity index (χ0n) is 18.0. The van der Waals surface area contributed by atoms with Crippen LogP contribution in [0.4, 0.5) is 13.2 Å². The van der Waals surface area contributed by atoms with Crippen LogP contribution < -0.4 is 0 Å². The normalized spacial score (nSPS) is 18.1. The molecule has 0 saturated carbocycles. The van der Waals surface area contributed by atoms with Crippen molar-refractivity contribution in [3.8, 4) is 0 Å². The number of benzene rings is 1. The maximum Gasteiger partial charge on any atom is 0.490 e. The van der Waals surface area contributed by atoms with E-state index < -0.39 is 12.1 Å². The predicted octanol–water partition coefficient (Wildman–Crippen LogP) is 2.77. The third-order valence-electron chi connectivity index (χ3n) is 5.65. The number of amides is 1. The maximum absolute atomic E-state index is 13.0. The van der Waals surface area contributed by atoms with Gasteiger partial charge >= 0.3 is 12.1 Å². The minimum atomic E-state index is -5.08. The van der Waals surface area contributed by atoms with Gasteiger partial charge in [-0.3, -0.25) is 9.48 Å². The number of hydrogen-bond acceptors (Lipinski definition) is 4. The van der Waals surface area contributed by atoms with Crippen molar-refractivity contribution in [1.82, 2.24) is 19.6 Å². The molecule has 32 heavy (non-hydrogen) atoms. The van der Waals surface area contributed by atoms with Gasteiger partial charge in [0.1, 0.15) is 0 Å². The molecule has 1 aliphatic heterocycles. The highest BCUT2D eigenvalue weighted by Crippen LogP contribution is 2.30. The Bertz CT molecular complexity index is 933. The number of carboxylic acid groups (broad SMARTS) is 1. The van der Waals surface area contributed by atoms with Gasteiger partial charge in [-0.2, -0.15) is 18.3 Å². The molecule has 0 saturated heterocycles. The lowest BCUT2D eigenvalue weighted by Gasteiger charge is -2.35. The summed E-state index contributed by atoms with van der Waals surface area (Å²) in [5.41, 5.74) is 3.98. The molecule has 1 unspecified atom stereocenters. The van der Waals surface area contributed by atoms with Crippen LogP contribution in [0, 0.1) is 5.92 Å². The Hall–Kier alpha value is -2.88. The molecule has 1 aromatic heterocycles. The standard InChI is InChI=1S/C20H26N4O.C2HF3O2/c1-22(2)12-19-14-23(13-18-7-8-21-24(18)19)20(25)11-15-9-16-5-3-4-6-17(16)10-15;3-2(4,5)1(6)7/h3-8,15,19H,9-14H2,1-2H3;(H,6,7). The number of likely N-dealkylation sites (N-methyl/N-ethyl adjacent to an activating group) is 1. The van der Waals surface area contributed by atoms with Crippen molar-refractivity contribution >= 4 is 11.9 Å². The van der Waals surface area contributed by atoms with Gasteiger partial charge in [-0.25, -0.2) is 4.79 Å². The van der Waals surface area contributed by atoms with Crippen molar-refractivity contribution in [2.24, 2.45) is 5.92 Å². The lowest BCUT2D eigenvalue weighted by Crippen LogP contribution is -2.44. The summed E-state index contributed by atoms with van der Waals surface area (Å²) in [6, 6.07) is 10.9. The number of hydrogen-bond donors (Lipinski definition) is 1. The van der Waals surface area contributed by atoms with E-state index in [-0.39, 0.29) is 11.9 Å². The first kappa shape index (κ1) is 23.8. The minimum absolute atomic E-state index is 0.235. The molecule has 1 atom stereocenters. The summed E-state index contributed by atoms with van der Waals surface area (Å²) < 4.78 is 33.8. The Kier molecular flexibility index (Phi) is 7.22. The van der Waals surface area contributed by atoms with E-state index in [9.17, 15) is 18.0 Å². The van der Waals surface area contributed by atoms with E-state index in [0.717, 1.165) is 31.6 Å². The highest BCUT2D eigenvalue weighted by molar-refractivity contribution is 5.77. The van der Waals surface area contributed by atoms with Crippen LogP contribution in [0.2, 0.25) is 0 Å². The van der Waals surface area contributed by atoms with Crippen molar-refractivity contribution in [1.29, 1.82) is 0 Å². The van der Waals surface area contributed by atoms with Crippen LogP contribution in [0.3, 0.4) is 0 Å². The highest BCUT2D eigenvalue weighted by Gasteiger charge is 2.38. The molecule has 0 fully saturated rings. The topological polar surface area (TPSA) is 78.7 Å². The third-order valence-corrected chi connectivity index (χ3v) is 5.65. The van der Waals surface area contributed by atoms with Crippen molar-refractivity contribution in [2.45, 2.75) is 38.0 Å². The van der Waals surface area contributed by atoms with E-state index in [1.165, 1.54) is 11.1 Å². The van der Waals surface area contributed by atoms with Crippen LogP contribution in [-0.2, 0) is 29.0 Å². The van der Waals surface area contributed by atoms with Crippen molar-refractivity contribution in [3.63, 3.8) is 0 Å². The quantitative estimate of drug-likeness (QED) is 0.772. The van der Waals surface area contributed by atoms with E-state index in [1.54, 1.807) is 0 Å². The molecule has 174 valence electrons. The van der Waals surface area contributed by atoms with Gasteiger partial charge in [-0.15, -0.1) is 0 Å². The summed E-state index contributed by atoms with van der Waals surface area (Å²) in [5, 5.41) is 11.6. The minimum Gasteiger partial charge on any atom is -0.475 e. The molecule has 1 N–H and O–H groups in total. The summed E-state index contributed by atoms with van der Waals surface area (Å²) >= 11 is 0. The number of fused-ring (bicyclic) bond motifs is 2. The number of carboxylic acids is 1. The molecule has 1 aromatic carbocycles. The van der Waals surface area contributed by atoms with Crippen molar-refractivity contribution < 1.29 is 27.9 Å². The van der Waals surface area contributed by atoms with E-state index >= 15 is 0 Å². The fourth-order valence-electron chi connectivity index (χ4n) is 4.30. The van der Waals surface area contributed by atoms with E-state index in [4.69, 9.17) is 9.90 Å². The first-order chi connectivity index (χ1) is 15.0. The SMILES string of the molecule is CN(C)CC1CN(C(=O)CC2Cc3ccccc3C2)Cc2ccnn21.O=C(O)C(F)(F)F. The average Bonchev–Trinajstić information content (AvgIpc) is 3.33. The van der Waals surface area contributed by atoms with Gasteiger partial charge in [-0.05, 0) is 50.0 Å². The summed E-state index contributed by atoms with van der Waals surface area (Å²) in [6.45, 7) is 2.33. The monoisotopic (exact) mass is 452 g/mol. The van der Waals surface area contributed by atoms with E-state index in [0.29, 0.717) is 18.9 Å². The Morgan fingerprint density at radius 2 is 1.75 bits per heavy atom. The lowest BCUT2D eigenvalue weighted by atomic mass is 10.0. The second-order valence-corrected chi connectivity index (χ2v) is 8.51. The molecule has 10 heteroatoms. The van der Waals surface area contributed by atoms with Gasteiger partial charge in [0.2, 0.25) is 5.91 Å². The molecular weight excluding hydrogens is 425 g/mol. The zero-order chi connectivity index (χ0) is 23.5. The Morgan fingerprint density at radius 1 is 1.16 bits per heavy atom. The summed E-state index contributed by atoms with van der Waals surface area (Å²) in [6.07, 6.45) is -0.513. The largest absolute Gasteiger partial charge is 0.490 e. The Labute approximate surface area is 184 Å². The van der Waals surface area contributed by atoms with Gasteiger partial charge in [0.25, 0.3) is 0 Å². The fraction of sp³-hybridized carbons (Fsp3) is 0.500. The van der Waals surface area contributed by atoms with Crippen LogP contribution in [0.15, 0.2) is 36.5 Å². The van der Waals surface area contributed by atoms with Crippen molar-refractivity contribution in [2.75, 3.05) is 27.2 Å². The molecule has 1 aliphatic carbocycles. The molecular formula is C22H27F3N4O3. The molecule has 2 aromatic rings. The highest BCUT2D eigenvalue weighted by atomic mass is 19.4. The first-order valence-electron chi connectivity index (χ1n) is 10.4. The van der Waals surface area contributed by atoms with Gasteiger partial charge in [0, 0.05) is 25.7 Å². The van der Waals surface area contributed by atoms with Crippen LogP contribution >= 0.6 is 0 Å². The number of carbonyl (C=O) groups is 2. The number of aliphatic carboxylic acids is 1. The fourth-order valence-corrected chi connectivity index (χ4v) is 4.30. The second kappa shape index (κ2) is 9.72. The number of rotatable bonds is 4. The van der Waals surface area contributed by atoms with Gasteiger partial charge < -0.3 is 14.9 Å². The van der Waals surface area contributed by atoms with Crippen LogP contribution in [0.25, 0.3) is 0 Å². The smallest absolute Gasteiger partial charge is 0.475 e. The molecule has 1 amide bonds.